The Kier molecular flexibility index (Phi) is 6.31. The molecular weight excluding hydrogens is 354 g/mol. The maximum Gasteiger partial charge on any atom is 0.244 e. The van der Waals surface area contributed by atoms with Gasteiger partial charge in [0, 0.05) is 20.0 Å². The Bertz CT molecular complexity index is 815. The lowest BCUT2D eigenvalue weighted by molar-refractivity contribution is -0.135. The highest BCUT2D eigenvalue weighted by atomic mass is 16.3. The van der Waals surface area contributed by atoms with Crippen LogP contribution in [0.5, 0.6) is 5.75 Å². The Labute approximate surface area is 165 Å². The number of hydrogen-bond acceptors (Lipinski definition) is 4. The van der Waals surface area contributed by atoms with Gasteiger partial charge in [0.1, 0.15) is 11.8 Å². The number of phenols is 1. The first-order chi connectivity index (χ1) is 13.5. The highest BCUT2D eigenvalue weighted by molar-refractivity contribution is 5.94. The van der Waals surface area contributed by atoms with Crippen molar-refractivity contribution in [2.45, 2.75) is 18.9 Å². The molecule has 1 heterocycles. The Hall–Kier alpha value is -2.86. The number of hydrogen-bond donors (Lipinski definition) is 2. The van der Waals surface area contributed by atoms with Crippen LogP contribution < -0.4 is 5.32 Å². The first-order valence-corrected chi connectivity index (χ1v) is 9.56. The summed E-state index contributed by atoms with van der Waals surface area (Å²) in [6.07, 6.45) is 1.34. The number of aromatic hydroxyl groups is 1. The van der Waals surface area contributed by atoms with Gasteiger partial charge in [-0.2, -0.15) is 0 Å². The number of phenolic OH excluding ortho intramolecular Hbond substituents is 1. The maximum atomic E-state index is 12.8. The molecule has 0 bridgehead atoms. The standard InChI is InChI=1S/C22H27N3O3/c1-24(2)22(28)20(16-8-4-3-5-9-16)25-14-12-17(13-15-25)21(27)23-18-10-6-7-11-19(18)26/h3-11,17,20,26H,12-15H2,1-2H3,(H,23,27). The van der Waals surface area contributed by atoms with Gasteiger partial charge in [0.05, 0.1) is 5.69 Å². The van der Waals surface area contributed by atoms with Crippen molar-refractivity contribution >= 4 is 17.5 Å². The van der Waals surface area contributed by atoms with Crippen molar-refractivity contribution in [3.05, 3.63) is 60.2 Å². The minimum Gasteiger partial charge on any atom is -0.506 e. The van der Waals surface area contributed by atoms with Crippen molar-refractivity contribution in [3.8, 4) is 5.75 Å². The number of likely N-dealkylation sites (N-methyl/N-ethyl adjacent to an activating group) is 1. The molecule has 148 valence electrons. The van der Waals surface area contributed by atoms with E-state index in [2.05, 4.69) is 10.2 Å². The third-order valence-electron chi connectivity index (χ3n) is 5.22. The van der Waals surface area contributed by atoms with E-state index in [0.717, 1.165) is 5.56 Å². The van der Waals surface area contributed by atoms with E-state index in [1.165, 1.54) is 0 Å². The number of carbonyl (C=O) groups is 2. The Morgan fingerprint density at radius 2 is 1.64 bits per heavy atom. The summed E-state index contributed by atoms with van der Waals surface area (Å²) in [7, 11) is 3.54. The second kappa shape index (κ2) is 8.89. The van der Waals surface area contributed by atoms with Crippen molar-refractivity contribution in [2.24, 2.45) is 5.92 Å². The summed E-state index contributed by atoms with van der Waals surface area (Å²) >= 11 is 0. The van der Waals surface area contributed by atoms with Gasteiger partial charge in [-0.05, 0) is 43.6 Å². The van der Waals surface area contributed by atoms with E-state index in [1.54, 1.807) is 43.3 Å². The van der Waals surface area contributed by atoms with Gasteiger partial charge in [-0.1, -0.05) is 42.5 Å². The fraction of sp³-hybridized carbons (Fsp3) is 0.364. The van der Waals surface area contributed by atoms with E-state index in [4.69, 9.17) is 0 Å². The summed E-state index contributed by atoms with van der Waals surface area (Å²) in [5.74, 6) is -0.115. The minimum absolute atomic E-state index is 0.0447. The molecule has 0 aromatic heterocycles. The zero-order chi connectivity index (χ0) is 20.1. The van der Waals surface area contributed by atoms with Crippen LogP contribution >= 0.6 is 0 Å². The molecule has 1 unspecified atom stereocenters. The first-order valence-electron chi connectivity index (χ1n) is 9.56. The van der Waals surface area contributed by atoms with Gasteiger partial charge >= 0.3 is 0 Å². The summed E-state index contributed by atoms with van der Waals surface area (Å²) in [4.78, 5) is 29.2. The molecule has 6 heteroatoms. The largest absolute Gasteiger partial charge is 0.506 e. The van der Waals surface area contributed by atoms with Crippen molar-refractivity contribution in [2.75, 3.05) is 32.5 Å². The normalized spacial score (nSPS) is 16.4. The number of likely N-dealkylation sites (tertiary alicyclic amines) is 1. The number of carbonyl (C=O) groups excluding carboxylic acids is 2. The smallest absolute Gasteiger partial charge is 0.244 e. The number of para-hydroxylation sites is 2. The zero-order valence-corrected chi connectivity index (χ0v) is 16.3. The van der Waals surface area contributed by atoms with Gasteiger partial charge in [0.2, 0.25) is 11.8 Å². The molecule has 28 heavy (non-hydrogen) atoms. The van der Waals surface area contributed by atoms with Crippen molar-refractivity contribution in [1.82, 2.24) is 9.80 Å². The van der Waals surface area contributed by atoms with Crippen LogP contribution in [0.3, 0.4) is 0 Å². The fourth-order valence-corrected chi connectivity index (χ4v) is 3.62. The summed E-state index contributed by atoms with van der Waals surface area (Å²) < 4.78 is 0. The van der Waals surface area contributed by atoms with Crippen LogP contribution in [-0.4, -0.2) is 53.9 Å². The van der Waals surface area contributed by atoms with E-state index < -0.39 is 0 Å². The topological polar surface area (TPSA) is 72.9 Å². The quantitative estimate of drug-likeness (QED) is 0.781. The van der Waals surface area contributed by atoms with Crippen LogP contribution in [0.2, 0.25) is 0 Å². The Morgan fingerprint density at radius 1 is 1.04 bits per heavy atom. The van der Waals surface area contributed by atoms with Crippen molar-refractivity contribution in [3.63, 3.8) is 0 Å². The second-order valence-electron chi connectivity index (χ2n) is 7.36. The van der Waals surface area contributed by atoms with Gasteiger partial charge in [-0.25, -0.2) is 0 Å². The molecule has 1 aliphatic heterocycles. The van der Waals surface area contributed by atoms with Gasteiger partial charge in [0.25, 0.3) is 0 Å². The third-order valence-corrected chi connectivity index (χ3v) is 5.22. The third kappa shape index (κ3) is 4.51. The molecule has 2 aromatic carbocycles. The lowest BCUT2D eigenvalue weighted by atomic mass is 9.93. The minimum atomic E-state index is -0.335. The molecule has 2 N–H and O–H groups in total. The molecule has 0 spiro atoms. The summed E-state index contributed by atoms with van der Waals surface area (Å²) in [6.45, 7) is 1.33. The van der Waals surface area contributed by atoms with Gasteiger partial charge in [-0.3, -0.25) is 14.5 Å². The number of nitrogens with zero attached hydrogens (tertiary/aromatic N) is 2. The van der Waals surface area contributed by atoms with Crippen LogP contribution in [0.4, 0.5) is 5.69 Å². The molecule has 2 amide bonds. The molecule has 0 saturated carbocycles. The molecule has 3 rings (SSSR count). The SMILES string of the molecule is CN(C)C(=O)C(c1ccccc1)N1CCC(C(=O)Nc2ccccc2O)CC1. The molecule has 1 fully saturated rings. The number of rotatable bonds is 5. The van der Waals surface area contributed by atoms with Crippen LogP contribution in [0.15, 0.2) is 54.6 Å². The molecule has 0 radical (unpaired) electrons. The number of nitrogens with one attached hydrogen (secondary N) is 1. The van der Waals surface area contributed by atoms with Crippen molar-refractivity contribution < 1.29 is 14.7 Å². The maximum absolute atomic E-state index is 12.8. The highest BCUT2D eigenvalue weighted by Crippen LogP contribution is 2.30. The summed E-state index contributed by atoms with van der Waals surface area (Å²) in [5, 5.41) is 12.7. The fourth-order valence-electron chi connectivity index (χ4n) is 3.62. The first kappa shape index (κ1) is 19.9. The van der Waals surface area contributed by atoms with E-state index in [0.29, 0.717) is 31.6 Å². The predicted molar refractivity (Wildman–Crippen MR) is 109 cm³/mol. The average molecular weight is 381 g/mol. The van der Waals surface area contributed by atoms with Crippen LogP contribution in [0, 0.1) is 5.92 Å². The van der Waals surface area contributed by atoms with E-state index in [9.17, 15) is 14.7 Å². The molecule has 6 nitrogen and oxygen atoms in total. The Morgan fingerprint density at radius 3 is 2.25 bits per heavy atom. The number of amides is 2. The number of piperidine rings is 1. The lowest BCUT2D eigenvalue weighted by Gasteiger charge is -2.37. The summed E-state index contributed by atoms with van der Waals surface area (Å²) in [6, 6.07) is 16.2. The number of anilines is 1. The van der Waals surface area contributed by atoms with E-state index >= 15 is 0 Å². The van der Waals surface area contributed by atoms with E-state index in [-0.39, 0.29) is 29.5 Å². The second-order valence-corrected chi connectivity index (χ2v) is 7.36. The number of benzene rings is 2. The predicted octanol–water partition coefficient (Wildman–Crippen LogP) is 2.87. The van der Waals surface area contributed by atoms with Crippen LogP contribution in [0.25, 0.3) is 0 Å². The average Bonchev–Trinajstić information content (AvgIpc) is 2.71. The van der Waals surface area contributed by atoms with Crippen LogP contribution in [0.1, 0.15) is 24.4 Å². The van der Waals surface area contributed by atoms with Crippen molar-refractivity contribution in [1.29, 1.82) is 0 Å². The van der Waals surface area contributed by atoms with Gasteiger partial charge in [-0.15, -0.1) is 0 Å². The molecule has 2 aromatic rings. The van der Waals surface area contributed by atoms with E-state index in [1.807, 2.05) is 30.3 Å². The zero-order valence-electron chi connectivity index (χ0n) is 16.3. The van der Waals surface area contributed by atoms with Crippen LogP contribution in [-0.2, 0) is 9.59 Å². The monoisotopic (exact) mass is 381 g/mol. The molecular formula is C22H27N3O3. The Balaban J connectivity index is 1.66. The lowest BCUT2D eigenvalue weighted by Crippen LogP contribution is -2.45. The molecule has 1 saturated heterocycles. The highest BCUT2D eigenvalue weighted by Gasteiger charge is 2.33. The van der Waals surface area contributed by atoms with Gasteiger partial charge in [0.15, 0.2) is 0 Å². The molecule has 1 aliphatic rings. The summed E-state index contributed by atoms with van der Waals surface area (Å²) in [5.41, 5.74) is 1.40. The molecule has 1 atom stereocenters. The molecule has 0 aliphatic carbocycles. The van der Waals surface area contributed by atoms with Gasteiger partial charge < -0.3 is 15.3 Å².